The van der Waals surface area contributed by atoms with E-state index in [0.29, 0.717) is 6.42 Å². The minimum Gasteiger partial charge on any atom is -1.00 e. The van der Waals surface area contributed by atoms with Gasteiger partial charge < -0.3 is 43.4 Å². The largest absolute Gasteiger partial charge is 2.00 e. The van der Waals surface area contributed by atoms with Gasteiger partial charge >= 0.3 is 20.4 Å². The molecule has 0 aromatic heterocycles. The minimum atomic E-state index is 0. The van der Waals surface area contributed by atoms with Gasteiger partial charge in [0.05, 0.1) is 6.42 Å². The molecule has 4 rings (SSSR count). The zero-order chi connectivity index (χ0) is 24.6. The molecule has 2 aromatic rings. The van der Waals surface area contributed by atoms with Crippen LogP contribution < -0.4 is 34.0 Å². The molecular weight excluding hydrogens is 699 g/mol. The zero-order valence-corrected chi connectivity index (χ0v) is 27.8. The van der Waals surface area contributed by atoms with Crippen LogP contribution in [0.4, 0.5) is 0 Å². The van der Waals surface area contributed by atoms with Crippen LogP contribution in [-0.2, 0) is 42.7 Å². The van der Waals surface area contributed by atoms with E-state index in [2.05, 4.69) is 76.2 Å². The van der Waals surface area contributed by atoms with Gasteiger partial charge in [0, 0.05) is 0 Å². The van der Waals surface area contributed by atoms with Gasteiger partial charge in [-0.3, -0.25) is 0 Å². The van der Waals surface area contributed by atoms with Gasteiger partial charge in [0.15, 0.2) is 11.8 Å². The SMILES string of the molecule is CCCc1cccc([C@H]2N=C(CC3=N[C@H](c4cccc(CCC)c4)C(CCC)O3)OC2CCC)c1.[Br-].[Br-].[Pd+2]. The molecule has 0 amide bonds. The van der Waals surface area contributed by atoms with Crippen LogP contribution in [0.15, 0.2) is 58.5 Å². The number of hydrogen-bond acceptors (Lipinski definition) is 4. The topological polar surface area (TPSA) is 43.2 Å². The Kier molecular flexibility index (Phi) is 16.3. The number of hydrogen-bond donors (Lipinski definition) is 0. The van der Waals surface area contributed by atoms with E-state index in [-0.39, 0.29) is 78.7 Å². The molecule has 4 atom stereocenters. The monoisotopic (exact) mass is 738 g/mol. The Morgan fingerprint density at radius 3 is 1.42 bits per heavy atom. The Morgan fingerprint density at radius 1 is 0.632 bits per heavy atom. The van der Waals surface area contributed by atoms with Crippen LogP contribution in [0.1, 0.15) is 107 Å². The second kappa shape index (κ2) is 17.6. The third kappa shape index (κ3) is 9.01. The van der Waals surface area contributed by atoms with Crippen LogP contribution in [-0.4, -0.2) is 24.0 Å². The average Bonchev–Trinajstić information content (AvgIpc) is 3.44. The molecule has 0 fully saturated rings. The Balaban J connectivity index is 0.00000241. The quantitative estimate of drug-likeness (QED) is 0.313. The molecule has 0 bridgehead atoms. The molecule has 4 nitrogen and oxygen atoms in total. The first-order valence-corrected chi connectivity index (χ1v) is 13.8. The molecule has 0 spiro atoms. The van der Waals surface area contributed by atoms with Crippen molar-refractivity contribution in [2.45, 2.75) is 110 Å². The summed E-state index contributed by atoms with van der Waals surface area (Å²) < 4.78 is 12.8. The smallest absolute Gasteiger partial charge is 1.00 e. The normalized spacial score (nSPS) is 21.7. The summed E-state index contributed by atoms with van der Waals surface area (Å²) in [6.07, 6.45) is 9.34. The van der Waals surface area contributed by atoms with Crippen LogP contribution in [0.25, 0.3) is 0 Å². The molecule has 2 unspecified atom stereocenters. The van der Waals surface area contributed by atoms with E-state index in [4.69, 9.17) is 19.5 Å². The summed E-state index contributed by atoms with van der Waals surface area (Å²) in [5.74, 6) is 1.53. The van der Waals surface area contributed by atoms with Gasteiger partial charge in [-0.25, -0.2) is 9.98 Å². The number of ether oxygens (including phenoxy) is 2. The first kappa shape index (κ1) is 35.0. The molecule has 38 heavy (non-hydrogen) atoms. The van der Waals surface area contributed by atoms with E-state index in [9.17, 15) is 0 Å². The molecule has 2 aliphatic rings. The molecule has 0 saturated carbocycles. The first-order chi connectivity index (χ1) is 17.1. The molecule has 7 heteroatoms. The van der Waals surface area contributed by atoms with Crippen molar-refractivity contribution in [1.82, 2.24) is 0 Å². The maximum atomic E-state index is 6.41. The zero-order valence-electron chi connectivity index (χ0n) is 23.1. The van der Waals surface area contributed by atoms with Crippen LogP contribution in [0.3, 0.4) is 0 Å². The van der Waals surface area contributed by atoms with Crippen molar-refractivity contribution in [2.75, 3.05) is 0 Å². The summed E-state index contributed by atoms with van der Waals surface area (Å²) in [5, 5.41) is 0. The molecule has 212 valence electrons. The van der Waals surface area contributed by atoms with E-state index >= 15 is 0 Å². The standard InChI is InChI=1S/C31H42N2O2.2BrH.Pd/c1-5-11-22-15-9-17-24(19-22)30-26(13-7-3)34-28(32-30)21-29-33-31(27(35-29)14-8-4)25-18-10-16-23(20-25)12-6-2;;;/h9-10,15-20,26-27,30-31H,5-8,11-14,21H2,1-4H3;2*1H;/q;;;+2/p-2/t26?,27?,30-,31-;;;/m1.../s1. The van der Waals surface area contributed by atoms with Crippen molar-refractivity contribution in [3.8, 4) is 0 Å². The molecule has 2 aromatic carbocycles. The molecule has 2 aliphatic heterocycles. The molecule has 0 N–H and O–H groups in total. The Morgan fingerprint density at radius 2 is 1.05 bits per heavy atom. The van der Waals surface area contributed by atoms with Crippen molar-refractivity contribution in [2.24, 2.45) is 9.98 Å². The molecule has 0 aliphatic carbocycles. The summed E-state index contributed by atoms with van der Waals surface area (Å²) in [5.41, 5.74) is 5.27. The number of aliphatic imine (C=N–C) groups is 2. The van der Waals surface area contributed by atoms with Crippen molar-refractivity contribution in [1.29, 1.82) is 0 Å². The van der Waals surface area contributed by atoms with Gasteiger partial charge in [-0.05, 0) is 47.9 Å². The Bertz CT molecular complexity index is 965. The minimum absolute atomic E-state index is 0. The fourth-order valence-electron chi connectivity index (χ4n) is 5.34. The number of halogens is 2. The summed E-state index contributed by atoms with van der Waals surface area (Å²) in [6.45, 7) is 8.87. The van der Waals surface area contributed by atoms with Crippen molar-refractivity contribution in [3.63, 3.8) is 0 Å². The van der Waals surface area contributed by atoms with Gasteiger partial charge in [-0.1, -0.05) is 102 Å². The Labute approximate surface area is 264 Å². The maximum absolute atomic E-state index is 6.41. The molecule has 0 radical (unpaired) electrons. The second-order valence-electron chi connectivity index (χ2n) is 9.99. The van der Waals surface area contributed by atoms with Gasteiger partial charge in [-0.2, -0.15) is 0 Å². The molecule has 2 heterocycles. The number of benzene rings is 2. The van der Waals surface area contributed by atoms with Crippen LogP contribution in [0.2, 0.25) is 0 Å². The predicted molar refractivity (Wildman–Crippen MR) is 145 cm³/mol. The third-order valence-electron chi connectivity index (χ3n) is 6.96. The predicted octanol–water partition coefficient (Wildman–Crippen LogP) is 1.96. The Hall–Kier alpha value is -0.998. The number of aryl methyl sites for hydroxylation is 2. The maximum Gasteiger partial charge on any atom is 2.00 e. The van der Waals surface area contributed by atoms with E-state index < -0.39 is 0 Å². The van der Waals surface area contributed by atoms with Crippen molar-refractivity contribution in [3.05, 3.63) is 70.8 Å². The van der Waals surface area contributed by atoms with E-state index in [1.807, 2.05) is 0 Å². The van der Waals surface area contributed by atoms with Gasteiger partial charge in [0.1, 0.15) is 24.3 Å². The molecular formula is C31H42Br2N2O2Pd. The van der Waals surface area contributed by atoms with Crippen LogP contribution >= 0.6 is 0 Å². The number of rotatable bonds is 12. The summed E-state index contributed by atoms with van der Waals surface area (Å²) in [6, 6.07) is 17.9. The fourth-order valence-corrected chi connectivity index (χ4v) is 5.34. The number of nitrogens with zero attached hydrogens (tertiary/aromatic N) is 2. The molecule has 0 saturated heterocycles. The van der Waals surface area contributed by atoms with E-state index in [1.54, 1.807) is 0 Å². The first-order valence-electron chi connectivity index (χ1n) is 13.8. The van der Waals surface area contributed by atoms with E-state index in [1.165, 1.54) is 22.3 Å². The van der Waals surface area contributed by atoms with E-state index in [0.717, 1.165) is 63.2 Å². The fraction of sp³-hybridized carbons (Fsp3) is 0.548. The second-order valence-corrected chi connectivity index (χ2v) is 9.99. The summed E-state index contributed by atoms with van der Waals surface area (Å²) in [7, 11) is 0. The van der Waals surface area contributed by atoms with Gasteiger partial charge in [-0.15, -0.1) is 0 Å². The van der Waals surface area contributed by atoms with Crippen molar-refractivity contribution < 1.29 is 63.9 Å². The third-order valence-corrected chi connectivity index (χ3v) is 6.96. The van der Waals surface area contributed by atoms with Crippen LogP contribution in [0.5, 0.6) is 0 Å². The average molecular weight is 741 g/mol. The van der Waals surface area contributed by atoms with Crippen molar-refractivity contribution >= 4 is 11.8 Å². The summed E-state index contributed by atoms with van der Waals surface area (Å²) >= 11 is 0. The van der Waals surface area contributed by atoms with Crippen LogP contribution in [0, 0.1) is 0 Å². The van der Waals surface area contributed by atoms with Gasteiger partial charge in [0.25, 0.3) is 0 Å². The van der Waals surface area contributed by atoms with Gasteiger partial charge in [0.2, 0.25) is 0 Å². The summed E-state index contributed by atoms with van der Waals surface area (Å²) in [4.78, 5) is 10.1.